The van der Waals surface area contributed by atoms with Crippen LogP contribution in [0.25, 0.3) is 21.8 Å². The molecule has 0 radical (unpaired) electrons. The van der Waals surface area contributed by atoms with Gasteiger partial charge in [-0.05, 0) is 24.3 Å². The lowest BCUT2D eigenvalue weighted by molar-refractivity contribution is -0.144. The lowest BCUT2D eigenvalue weighted by Crippen LogP contribution is -2.28. The second-order valence-electron chi connectivity index (χ2n) is 4.65. The zero-order valence-electron chi connectivity index (χ0n) is 11.9. The Morgan fingerprint density at radius 2 is 1.62 bits per heavy atom. The summed E-state index contributed by atoms with van der Waals surface area (Å²) in [5.41, 5.74) is 4.96. The first-order valence-corrected chi connectivity index (χ1v) is 6.84. The number of aromatic nitrogens is 1. The fourth-order valence-electron chi connectivity index (χ4n) is 2.18. The second kappa shape index (κ2) is 6.35. The maximum absolute atomic E-state index is 4.77. The van der Waals surface area contributed by atoms with Gasteiger partial charge in [0.05, 0.1) is 24.7 Å². The van der Waals surface area contributed by atoms with Crippen LogP contribution in [0.3, 0.4) is 0 Å². The molecular formula is C17H17N3O. The first-order valence-electron chi connectivity index (χ1n) is 6.84. The molecule has 1 aliphatic rings. The standard InChI is InChI=1S/C13H9N.C4H8N2O/c1-3-7-12-10(5-1)9-11-6-2-4-8-13(11)14-12;1-7-6-4-2-3-5-6/h1-9H;2-3,5H,4H2,1H3. The molecule has 4 rings (SSSR count). The number of hydrogen-bond acceptors (Lipinski definition) is 4. The Morgan fingerprint density at radius 3 is 2.10 bits per heavy atom. The number of fused-ring (bicyclic) bond motifs is 2. The zero-order chi connectivity index (χ0) is 14.5. The van der Waals surface area contributed by atoms with Crippen LogP contribution in [0.1, 0.15) is 0 Å². The Morgan fingerprint density at radius 1 is 1.00 bits per heavy atom. The lowest BCUT2D eigenvalue weighted by Gasteiger charge is -2.09. The van der Waals surface area contributed by atoms with E-state index in [0.717, 1.165) is 17.6 Å². The number of hydrazine groups is 1. The second-order valence-corrected chi connectivity index (χ2v) is 4.65. The van der Waals surface area contributed by atoms with Gasteiger partial charge >= 0.3 is 0 Å². The van der Waals surface area contributed by atoms with Crippen molar-refractivity contribution in [3.8, 4) is 0 Å². The highest BCUT2D eigenvalue weighted by Gasteiger charge is 1.99. The number of hydrogen-bond donors (Lipinski definition) is 1. The maximum atomic E-state index is 4.77. The van der Waals surface area contributed by atoms with Crippen LogP contribution >= 0.6 is 0 Å². The third-order valence-corrected chi connectivity index (χ3v) is 3.25. The molecule has 3 aromatic rings. The van der Waals surface area contributed by atoms with Gasteiger partial charge in [-0.3, -0.25) is 4.84 Å². The summed E-state index contributed by atoms with van der Waals surface area (Å²) in [6.45, 7) is 0.830. The van der Waals surface area contributed by atoms with Gasteiger partial charge in [-0.15, -0.1) is 0 Å². The minimum Gasteiger partial charge on any atom is -0.304 e. The van der Waals surface area contributed by atoms with Gasteiger partial charge in [-0.1, -0.05) is 41.6 Å². The van der Waals surface area contributed by atoms with E-state index in [1.165, 1.54) is 10.8 Å². The van der Waals surface area contributed by atoms with Crippen molar-refractivity contribution in [3.63, 3.8) is 0 Å². The van der Waals surface area contributed by atoms with Crippen molar-refractivity contribution in [2.24, 2.45) is 0 Å². The highest BCUT2D eigenvalue weighted by molar-refractivity contribution is 5.92. The van der Waals surface area contributed by atoms with Crippen molar-refractivity contribution in [1.82, 2.24) is 15.6 Å². The van der Waals surface area contributed by atoms with Crippen molar-refractivity contribution in [3.05, 3.63) is 66.9 Å². The summed E-state index contributed by atoms with van der Waals surface area (Å²) < 4.78 is 0. The summed E-state index contributed by atoms with van der Waals surface area (Å²) in [7, 11) is 1.62. The van der Waals surface area contributed by atoms with E-state index in [0.29, 0.717) is 0 Å². The molecule has 2 aromatic carbocycles. The fraction of sp³-hybridized carbons (Fsp3) is 0.118. The molecular weight excluding hydrogens is 262 g/mol. The average molecular weight is 279 g/mol. The van der Waals surface area contributed by atoms with Gasteiger partial charge < -0.3 is 5.43 Å². The van der Waals surface area contributed by atoms with E-state index in [4.69, 9.17) is 4.84 Å². The lowest BCUT2D eigenvalue weighted by atomic mass is 10.1. The molecule has 1 aliphatic heterocycles. The SMILES string of the molecule is CON1CC=CN1.c1ccc2nc3ccccc3cc2c1. The molecule has 21 heavy (non-hydrogen) atoms. The molecule has 0 saturated carbocycles. The molecule has 0 saturated heterocycles. The van der Waals surface area contributed by atoms with Crippen LogP contribution in [0.2, 0.25) is 0 Å². The molecule has 4 heteroatoms. The number of rotatable bonds is 1. The summed E-state index contributed by atoms with van der Waals surface area (Å²) in [6, 6.07) is 18.6. The number of hydroxylamine groups is 1. The van der Waals surface area contributed by atoms with Crippen LogP contribution in [0, 0.1) is 0 Å². The summed E-state index contributed by atoms with van der Waals surface area (Å²) in [6.07, 6.45) is 3.81. The van der Waals surface area contributed by atoms with Gasteiger partial charge in [-0.25, -0.2) is 4.98 Å². The van der Waals surface area contributed by atoms with Crippen molar-refractivity contribution >= 4 is 21.8 Å². The van der Waals surface area contributed by atoms with Crippen LogP contribution in [0.15, 0.2) is 66.9 Å². The van der Waals surface area contributed by atoms with E-state index >= 15 is 0 Å². The van der Waals surface area contributed by atoms with Gasteiger partial charge in [-0.2, -0.15) is 0 Å². The molecule has 2 heterocycles. The smallest absolute Gasteiger partial charge is 0.0709 e. The topological polar surface area (TPSA) is 37.4 Å². The molecule has 0 spiro atoms. The summed E-state index contributed by atoms with van der Waals surface area (Å²) in [5.74, 6) is 0. The van der Waals surface area contributed by atoms with Crippen LogP contribution in [-0.4, -0.2) is 23.8 Å². The Bertz CT molecular complexity index is 657. The molecule has 0 amide bonds. The highest BCUT2D eigenvalue weighted by atomic mass is 16.7. The van der Waals surface area contributed by atoms with Crippen LogP contribution in [-0.2, 0) is 4.84 Å². The number of para-hydroxylation sites is 2. The van der Waals surface area contributed by atoms with Crippen LogP contribution < -0.4 is 5.43 Å². The molecule has 1 aromatic heterocycles. The Labute approximate surface area is 123 Å². The van der Waals surface area contributed by atoms with E-state index in [-0.39, 0.29) is 0 Å². The molecule has 0 fully saturated rings. The number of pyridine rings is 1. The Kier molecular flexibility index (Phi) is 4.09. The van der Waals surface area contributed by atoms with E-state index in [1.54, 1.807) is 12.3 Å². The van der Waals surface area contributed by atoms with Crippen molar-refractivity contribution in [2.75, 3.05) is 13.7 Å². The molecule has 0 bridgehead atoms. The van der Waals surface area contributed by atoms with Gasteiger partial charge in [0, 0.05) is 17.0 Å². The maximum Gasteiger partial charge on any atom is 0.0709 e. The van der Waals surface area contributed by atoms with E-state index in [1.807, 2.05) is 48.7 Å². The van der Waals surface area contributed by atoms with E-state index in [2.05, 4.69) is 28.6 Å². The minimum absolute atomic E-state index is 0.830. The summed E-state index contributed by atoms with van der Waals surface area (Å²) in [5, 5.41) is 4.03. The Hall–Kier alpha value is -2.43. The van der Waals surface area contributed by atoms with Crippen molar-refractivity contribution in [1.29, 1.82) is 0 Å². The van der Waals surface area contributed by atoms with Crippen LogP contribution in [0.5, 0.6) is 0 Å². The molecule has 4 nitrogen and oxygen atoms in total. The number of nitrogens with zero attached hydrogens (tertiary/aromatic N) is 2. The minimum atomic E-state index is 0.830. The number of benzene rings is 2. The Balaban J connectivity index is 0.000000160. The molecule has 0 unspecified atom stereocenters. The van der Waals surface area contributed by atoms with Crippen molar-refractivity contribution in [2.45, 2.75) is 0 Å². The van der Waals surface area contributed by atoms with Crippen molar-refractivity contribution < 1.29 is 4.84 Å². The average Bonchev–Trinajstić information content (AvgIpc) is 3.07. The van der Waals surface area contributed by atoms with E-state index < -0.39 is 0 Å². The largest absolute Gasteiger partial charge is 0.304 e. The first kappa shape index (κ1) is 13.5. The van der Waals surface area contributed by atoms with Gasteiger partial charge in [0.15, 0.2) is 0 Å². The quantitative estimate of drug-likeness (QED) is 0.694. The summed E-state index contributed by atoms with van der Waals surface area (Å²) >= 11 is 0. The predicted molar refractivity (Wildman–Crippen MR) is 85.2 cm³/mol. The van der Waals surface area contributed by atoms with Gasteiger partial charge in [0.1, 0.15) is 0 Å². The number of nitrogens with one attached hydrogen (secondary N) is 1. The highest BCUT2D eigenvalue weighted by Crippen LogP contribution is 2.18. The normalized spacial score (nSPS) is 14.0. The monoisotopic (exact) mass is 279 g/mol. The molecule has 0 atom stereocenters. The van der Waals surface area contributed by atoms with Gasteiger partial charge in [0.2, 0.25) is 0 Å². The summed E-state index contributed by atoms with van der Waals surface area (Å²) in [4.78, 5) is 9.35. The first-order chi connectivity index (χ1) is 10.4. The van der Waals surface area contributed by atoms with Gasteiger partial charge in [0.25, 0.3) is 0 Å². The van der Waals surface area contributed by atoms with E-state index in [9.17, 15) is 0 Å². The molecule has 106 valence electrons. The molecule has 0 aliphatic carbocycles. The van der Waals surface area contributed by atoms with Crippen LogP contribution in [0.4, 0.5) is 0 Å². The zero-order valence-corrected chi connectivity index (χ0v) is 11.9. The third-order valence-electron chi connectivity index (χ3n) is 3.25. The fourth-order valence-corrected chi connectivity index (χ4v) is 2.18. The molecule has 1 N–H and O–H groups in total. The third kappa shape index (κ3) is 3.18. The predicted octanol–water partition coefficient (Wildman–Crippen LogP) is 3.27.